The first kappa shape index (κ1) is 21.1. The molecule has 1 heterocycles. The zero-order chi connectivity index (χ0) is 21.1. The molecule has 0 saturated carbocycles. The Kier molecular flexibility index (Phi) is 6.08. The molecule has 0 aliphatic carbocycles. The second-order valence-electron chi connectivity index (χ2n) is 8.64. The van der Waals surface area contributed by atoms with Crippen molar-refractivity contribution in [1.82, 2.24) is 10.2 Å². The molecule has 1 fully saturated rings. The maximum Gasteiger partial charge on any atom is 0.254 e. The van der Waals surface area contributed by atoms with Crippen molar-refractivity contribution in [1.29, 1.82) is 0 Å². The highest BCUT2D eigenvalue weighted by Crippen LogP contribution is 2.29. The molecule has 1 atom stereocenters. The summed E-state index contributed by atoms with van der Waals surface area (Å²) in [5.41, 5.74) is 1.62. The fourth-order valence-electron chi connectivity index (χ4n) is 3.81. The van der Waals surface area contributed by atoms with Gasteiger partial charge in [-0.2, -0.15) is 0 Å². The number of nitrogens with zero attached hydrogens (tertiary/aromatic N) is 1. The largest absolute Gasteiger partial charge is 0.361 e. The quantitative estimate of drug-likeness (QED) is 0.866. The SMILES string of the molecule is CNC(=O)[C@]1(Cc2cccc(-c3ccccc3)c2)CN(C(=O)C(C)(C)C)CCO1. The van der Waals surface area contributed by atoms with Gasteiger partial charge in [-0.15, -0.1) is 0 Å². The highest BCUT2D eigenvalue weighted by atomic mass is 16.5. The molecular formula is C24H30N2O3. The van der Waals surface area contributed by atoms with E-state index in [0.717, 1.165) is 16.7 Å². The Labute approximate surface area is 173 Å². The number of likely N-dealkylation sites (N-methyl/N-ethyl adjacent to an activating group) is 1. The smallest absolute Gasteiger partial charge is 0.254 e. The number of amides is 2. The average Bonchev–Trinajstić information content (AvgIpc) is 2.73. The van der Waals surface area contributed by atoms with E-state index in [1.54, 1.807) is 11.9 Å². The van der Waals surface area contributed by atoms with Crippen molar-refractivity contribution in [3.8, 4) is 11.1 Å². The molecule has 1 saturated heterocycles. The summed E-state index contributed by atoms with van der Waals surface area (Å²) in [5, 5.41) is 2.74. The van der Waals surface area contributed by atoms with E-state index < -0.39 is 11.0 Å². The molecule has 0 radical (unpaired) electrons. The molecule has 0 unspecified atom stereocenters. The molecule has 1 aliphatic rings. The second kappa shape index (κ2) is 8.37. The highest BCUT2D eigenvalue weighted by molar-refractivity contribution is 5.88. The fraction of sp³-hybridized carbons (Fsp3) is 0.417. The maximum absolute atomic E-state index is 12.9. The van der Waals surface area contributed by atoms with Crippen molar-refractivity contribution >= 4 is 11.8 Å². The lowest BCUT2D eigenvalue weighted by Gasteiger charge is -2.43. The first-order valence-electron chi connectivity index (χ1n) is 10.0. The Morgan fingerprint density at radius 2 is 1.76 bits per heavy atom. The third kappa shape index (κ3) is 4.67. The summed E-state index contributed by atoms with van der Waals surface area (Å²) < 4.78 is 6.05. The van der Waals surface area contributed by atoms with Gasteiger partial charge in [-0.25, -0.2) is 0 Å². The molecule has 2 aromatic carbocycles. The van der Waals surface area contributed by atoms with Crippen LogP contribution in [0.3, 0.4) is 0 Å². The van der Waals surface area contributed by atoms with Gasteiger partial charge in [-0.1, -0.05) is 75.4 Å². The Bertz CT molecular complexity index is 873. The van der Waals surface area contributed by atoms with Crippen LogP contribution in [0.5, 0.6) is 0 Å². The highest BCUT2D eigenvalue weighted by Gasteiger charge is 2.46. The Balaban J connectivity index is 1.90. The van der Waals surface area contributed by atoms with Crippen LogP contribution in [0.4, 0.5) is 0 Å². The molecule has 5 nitrogen and oxygen atoms in total. The van der Waals surface area contributed by atoms with Gasteiger partial charge in [0.15, 0.2) is 5.60 Å². The van der Waals surface area contributed by atoms with Crippen LogP contribution in [-0.4, -0.2) is 49.1 Å². The molecule has 2 amide bonds. The van der Waals surface area contributed by atoms with Gasteiger partial charge < -0.3 is 15.0 Å². The second-order valence-corrected chi connectivity index (χ2v) is 8.64. The van der Waals surface area contributed by atoms with E-state index in [2.05, 4.69) is 29.6 Å². The number of carbonyl (C=O) groups excluding carboxylic acids is 2. The number of ether oxygens (including phenoxy) is 1. The maximum atomic E-state index is 12.9. The number of nitrogens with one attached hydrogen (secondary N) is 1. The first-order valence-corrected chi connectivity index (χ1v) is 10.0. The molecule has 0 aromatic heterocycles. The topological polar surface area (TPSA) is 58.6 Å². The lowest BCUT2D eigenvalue weighted by atomic mass is 9.88. The van der Waals surface area contributed by atoms with Crippen LogP contribution in [0.25, 0.3) is 11.1 Å². The molecule has 0 spiro atoms. The minimum Gasteiger partial charge on any atom is -0.361 e. The summed E-state index contributed by atoms with van der Waals surface area (Å²) >= 11 is 0. The van der Waals surface area contributed by atoms with Gasteiger partial charge in [0.25, 0.3) is 5.91 Å². The van der Waals surface area contributed by atoms with Crippen molar-refractivity contribution in [3.63, 3.8) is 0 Å². The fourth-order valence-corrected chi connectivity index (χ4v) is 3.81. The van der Waals surface area contributed by atoms with Crippen LogP contribution < -0.4 is 5.32 Å². The molecule has 154 valence electrons. The van der Waals surface area contributed by atoms with E-state index in [4.69, 9.17) is 4.74 Å². The predicted octanol–water partition coefficient (Wildman–Crippen LogP) is 3.29. The lowest BCUT2D eigenvalue weighted by Crippen LogP contribution is -2.62. The summed E-state index contributed by atoms with van der Waals surface area (Å²) in [6, 6.07) is 18.3. The van der Waals surface area contributed by atoms with Crippen LogP contribution in [0, 0.1) is 5.41 Å². The van der Waals surface area contributed by atoms with Crippen LogP contribution in [0.2, 0.25) is 0 Å². The summed E-state index contributed by atoms with van der Waals surface area (Å²) in [5.74, 6) is -0.166. The molecule has 1 aliphatic heterocycles. The van der Waals surface area contributed by atoms with Gasteiger partial charge in [-0.05, 0) is 16.7 Å². The zero-order valence-corrected chi connectivity index (χ0v) is 17.7. The van der Waals surface area contributed by atoms with Gasteiger partial charge in [0.05, 0.1) is 13.2 Å². The zero-order valence-electron chi connectivity index (χ0n) is 17.7. The molecule has 5 heteroatoms. The standard InChI is InChI=1S/C24H30N2O3/c1-23(2,3)22(28)26-13-14-29-24(17-26,21(27)25-4)16-18-9-8-12-20(15-18)19-10-6-5-7-11-19/h5-12,15H,13-14,16-17H2,1-4H3,(H,25,27)/t24-/m0/s1. The number of carbonyl (C=O) groups is 2. The van der Waals surface area contributed by atoms with Gasteiger partial charge >= 0.3 is 0 Å². The van der Waals surface area contributed by atoms with E-state index in [1.807, 2.05) is 51.1 Å². The summed E-state index contributed by atoms with van der Waals surface area (Å²) in [6.07, 6.45) is 0.404. The molecule has 3 rings (SSSR count). The minimum atomic E-state index is -1.09. The normalized spacial score (nSPS) is 19.7. The van der Waals surface area contributed by atoms with Crippen molar-refractivity contribution in [2.75, 3.05) is 26.7 Å². The number of hydrogen-bond acceptors (Lipinski definition) is 3. The van der Waals surface area contributed by atoms with Crippen LogP contribution in [0.15, 0.2) is 54.6 Å². The number of morpholine rings is 1. The van der Waals surface area contributed by atoms with E-state index in [-0.39, 0.29) is 18.4 Å². The third-order valence-electron chi connectivity index (χ3n) is 5.28. The van der Waals surface area contributed by atoms with Gasteiger partial charge in [0.1, 0.15) is 0 Å². The summed E-state index contributed by atoms with van der Waals surface area (Å²) in [6.45, 7) is 6.78. The van der Waals surface area contributed by atoms with Gasteiger partial charge in [0.2, 0.25) is 5.91 Å². The number of rotatable bonds is 4. The first-order chi connectivity index (χ1) is 13.7. The Morgan fingerprint density at radius 3 is 2.41 bits per heavy atom. The molecular weight excluding hydrogens is 364 g/mol. The number of benzene rings is 2. The van der Waals surface area contributed by atoms with Crippen LogP contribution in [-0.2, 0) is 20.7 Å². The van der Waals surface area contributed by atoms with E-state index in [9.17, 15) is 9.59 Å². The minimum absolute atomic E-state index is 0.0344. The van der Waals surface area contributed by atoms with Gasteiger partial charge in [0, 0.05) is 25.4 Å². The molecule has 1 N–H and O–H groups in total. The predicted molar refractivity (Wildman–Crippen MR) is 114 cm³/mol. The van der Waals surface area contributed by atoms with Gasteiger partial charge in [-0.3, -0.25) is 9.59 Å². The van der Waals surface area contributed by atoms with Crippen LogP contribution >= 0.6 is 0 Å². The van der Waals surface area contributed by atoms with E-state index in [1.165, 1.54) is 0 Å². The summed E-state index contributed by atoms with van der Waals surface area (Å²) in [7, 11) is 1.61. The monoisotopic (exact) mass is 394 g/mol. The Hall–Kier alpha value is -2.66. The average molecular weight is 395 g/mol. The lowest BCUT2D eigenvalue weighted by molar-refractivity contribution is -0.169. The van der Waals surface area contributed by atoms with Crippen LogP contribution in [0.1, 0.15) is 26.3 Å². The third-order valence-corrected chi connectivity index (χ3v) is 5.28. The molecule has 29 heavy (non-hydrogen) atoms. The van der Waals surface area contributed by atoms with E-state index in [0.29, 0.717) is 19.6 Å². The summed E-state index contributed by atoms with van der Waals surface area (Å²) in [4.78, 5) is 27.5. The van der Waals surface area contributed by atoms with Crippen molar-refractivity contribution in [2.24, 2.45) is 5.41 Å². The van der Waals surface area contributed by atoms with Crippen molar-refractivity contribution < 1.29 is 14.3 Å². The van der Waals surface area contributed by atoms with E-state index >= 15 is 0 Å². The van der Waals surface area contributed by atoms with Crippen molar-refractivity contribution in [2.45, 2.75) is 32.8 Å². The molecule has 0 bridgehead atoms. The number of hydrogen-bond donors (Lipinski definition) is 1. The molecule has 2 aromatic rings. The Morgan fingerprint density at radius 1 is 1.07 bits per heavy atom. The van der Waals surface area contributed by atoms with Crippen molar-refractivity contribution in [3.05, 3.63) is 60.2 Å².